The van der Waals surface area contributed by atoms with E-state index in [2.05, 4.69) is 15.2 Å². The van der Waals surface area contributed by atoms with Crippen LogP contribution in [0.1, 0.15) is 12.0 Å². The van der Waals surface area contributed by atoms with Gasteiger partial charge in [0.05, 0.1) is 11.6 Å². The Hall–Kier alpha value is -1.66. The molecule has 0 aliphatic carbocycles. The molecule has 0 bridgehead atoms. The van der Waals surface area contributed by atoms with Crippen molar-refractivity contribution in [3.8, 4) is 11.5 Å². The number of aliphatic imine (C=N–C) groups is 1. The van der Waals surface area contributed by atoms with Crippen molar-refractivity contribution < 1.29 is 14.2 Å². The van der Waals surface area contributed by atoms with Gasteiger partial charge >= 0.3 is 0 Å². The molecule has 0 aromatic heterocycles. The van der Waals surface area contributed by atoms with E-state index in [4.69, 9.17) is 25.8 Å². The highest BCUT2D eigenvalue weighted by Gasteiger charge is 2.20. The Labute approximate surface area is 147 Å². The van der Waals surface area contributed by atoms with E-state index >= 15 is 0 Å². The summed E-state index contributed by atoms with van der Waals surface area (Å²) in [5.41, 5.74) is 1.03. The first-order chi connectivity index (χ1) is 11.7. The monoisotopic (exact) mass is 353 g/mol. The van der Waals surface area contributed by atoms with Crippen molar-refractivity contribution in [1.29, 1.82) is 0 Å². The highest BCUT2D eigenvalue weighted by Crippen LogP contribution is 2.38. The van der Waals surface area contributed by atoms with Gasteiger partial charge in [0.15, 0.2) is 17.5 Å². The summed E-state index contributed by atoms with van der Waals surface area (Å²) >= 11 is 6.29. The lowest BCUT2D eigenvalue weighted by molar-refractivity contribution is 0.171. The zero-order chi connectivity index (χ0) is 16.9. The van der Waals surface area contributed by atoms with E-state index in [-0.39, 0.29) is 0 Å². The predicted octanol–water partition coefficient (Wildman–Crippen LogP) is 2.15. The van der Waals surface area contributed by atoms with Crippen molar-refractivity contribution in [2.45, 2.75) is 13.0 Å². The summed E-state index contributed by atoms with van der Waals surface area (Å²) in [5, 5.41) is 3.95. The fraction of sp³-hybridized carbons (Fsp3) is 0.588. The number of fused-ring (bicyclic) bond motifs is 1. The molecular formula is C17H24ClN3O3. The van der Waals surface area contributed by atoms with Crippen LogP contribution in [0.3, 0.4) is 0 Å². The van der Waals surface area contributed by atoms with Gasteiger partial charge in [-0.05, 0) is 24.1 Å². The average Bonchev–Trinajstić information content (AvgIpc) is 3.08. The molecule has 1 unspecified atom stereocenters. The van der Waals surface area contributed by atoms with Crippen molar-refractivity contribution in [3.63, 3.8) is 0 Å². The van der Waals surface area contributed by atoms with E-state index < -0.39 is 0 Å². The van der Waals surface area contributed by atoms with Gasteiger partial charge < -0.3 is 24.4 Å². The highest BCUT2D eigenvalue weighted by molar-refractivity contribution is 6.32. The molecule has 1 fully saturated rings. The molecule has 0 saturated carbocycles. The molecule has 2 aliphatic heterocycles. The first-order valence-electron chi connectivity index (χ1n) is 8.25. The third-order valence-corrected chi connectivity index (χ3v) is 4.52. The van der Waals surface area contributed by atoms with Crippen LogP contribution in [0.15, 0.2) is 17.1 Å². The van der Waals surface area contributed by atoms with Crippen LogP contribution in [-0.2, 0) is 11.3 Å². The summed E-state index contributed by atoms with van der Waals surface area (Å²) in [5.74, 6) is 2.76. The molecular weight excluding hydrogens is 330 g/mol. The van der Waals surface area contributed by atoms with Crippen LogP contribution < -0.4 is 14.8 Å². The van der Waals surface area contributed by atoms with Crippen molar-refractivity contribution in [2.24, 2.45) is 10.9 Å². The number of benzene rings is 1. The molecule has 1 aromatic rings. The molecule has 6 nitrogen and oxygen atoms in total. The van der Waals surface area contributed by atoms with Crippen LogP contribution in [0.25, 0.3) is 0 Å². The molecule has 0 radical (unpaired) electrons. The quantitative estimate of drug-likeness (QED) is 0.664. The molecule has 132 valence electrons. The maximum atomic E-state index is 6.29. The largest absolute Gasteiger partial charge is 0.486 e. The van der Waals surface area contributed by atoms with E-state index in [1.54, 1.807) is 7.05 Å². The third-order valence-electron chi connectivity index (χ3n) is 4.24. The molecule has 1 N–H and O–H groups in total. The number of hydrogen-bond donors (Lipinski definition) is 1. The van der Waals surface area contributed by atoms with Gasteiger partial charge in [-0.1, -0.05) is 11.6 Å². The first-order valence-corrected chi connectivity index (χ1v) is 8.62. The van der Waals surface area contributed by atoms with Crippen LogP contribution in [0.5, 0.6) is 11.5 Å². The first kappa shape index (κ1) is 17.2. The fourth-order valence-electron chi connectivity index (χ4n) is 3.03. The van der Waals surface area contributed by atoms with Gasteiger partial charge in [0, 0.05) is 39.7 Å². The van der Waals surface area contributed by atoms with Crippen molar-refractivity contribution >= 4 is 17.6 Å². The lowest BCUT2D eigenvalue weighted by Gasteiger charge is -2.25. The molecule has 0 amide bonds. The van der Waals surface area contributed by atoms with Crippen LogP contribution in [0.4, 0.5) is 0 Å². The molecule has 3 rings (SSSR count). The van der Waals surface area contributed by atoms with Gasteiger partial charge in [0.2, 0.25) is 0 Å². The van der Waals surface area contributed by atoms with Gasteiger partial charge in [-0.25, -0.2) is 0 Å². The van der Waals surface area contributed by atoms with Gasteiger partial charge in [-0.3, -0.25) is 4.99 Å². The van der Waals surface area contributed by atoms with Crippen molar-refractivity contribution in [1.82, 2.24) is 10.2 Å². The summed E-state index contributed by atoms with van der Waals surface area (Å²) in [6.45, 7) is 4.33. The maximum absolute atomic E-state index is 6.29. The molecule has 0 spiro atoms. The molecule has 1 aromatic carbocycles. The Morgan fingerprint density at radius 3 is 2.92 bits per heavy atom. The zero-order valence-electron chi connectivity index (χ0n) is 14.2. The van der Waals surface area contributed by atoms with E-state index in [9.17, 15) is 0 Å². The standard InChI is InChI=1S/C17H24ClN3O3/c1-19-17(21(2)10-12-3-4-22-11-12)20-9-13-7-14(18)16-15(8-13)23-5-6-24-16/h7-8,12H,3-6,9-11H2,1-2H3,(H,19,20). The highest BCUT2D eigenvalue weighted by atomic mass is 35.5. The molecule has 1 atom stereocenters. The van der Waals surface area contributed by atoms with Gasteiger partial charge in [0.25, 0.3) is 0 Å². The molecule has 7 heteroatoms. The topological polar surface area (TPSA) is 55.3 Å². The lowest BCUT2D eigenvalue weighted by Crippen LogP contribution is -2.41. The van der Waals surface area contributed by atoms with Gasteiger partial charge in [0.1, 0.15) is 13.2 Å². The van der Waals surface area contributed by atoms with Crippen LogP contribution >= 0.6 is 11.6 Å². The second kappa shape index (κ2) is 7.94. The second-order valence-corrected chi connectivity index (χ2v) is 6.52. The van der Waals surface area contributed by atoms with Crippen LogP contribution in [0.2, 0.25) is 5.02 Å². The van der Waals surface area contributed by atoms with Crippen LogP contribution in [-0.4, -0.2) is 57.9 Å². The van der Waals surface area contributed by atoms with E-state index in [1.807, 2.05) is 19.2 Å². The van der Waals surface area contributed by atoms with Gasteiger partial charge in [-0.15, -0.1) is 0 Å². The van der Waals surface area contributed by atoms with E-state index in [1.165, 1.54) is 0 Å². The summed E-state index contributed by atoms with van der Waals surface area (Å²) in [6.07, 6.45) is 1.11. The number of halogens is 1. The summed E-state index contributed by atoms with van der Waals surface area (Å²) in [4.78, 5) is 6.49. The summed E-state index contributed by atoms with van der Waals surface area (Å²) < 4.78 is 16.6. The molecule has 24 heavy (non-hydrogen) atoms. The SMILES string of the molecule is CN=C(NCc1cc(Cl)c2c(c1)OCCO2)N(C)CC1CCOC1. The number of hydrogen-bond acceptors (Lipinski definition) is 4. The molecule has 2 aliphatic rings. The Kier molecular flexibility index (Phi) is 5.68. The Balaban J connectivity index is 1.60. The zero-order valence-corrected chi connectivity index (χ0v) is 14.9. The van der Waals surface area contributed by atoms with E-state index in [0.29, 0.717) is 42.2 Å². The van der Waals surface area contributed by atoms with Crippen molar-refractivity contribution in [3.05, 3.63) is 22.7 Å². The maximum Gasteiger partial charge on any atom is 0.193 e. The normalized spacial score (nSPS) is 20.1. The molecule has 2 heterocycles. The fourth-order valence-corrected chi connectivity index (χ4v) is 3.32. The second-order valence-electron chi connectivity index (χ2n) is 6.11. The number of nitrogens with one attached hydrogen (secondary N) is 1. The van der Waals surface area contributed by atoms with Gasteiger partial charge in [-0.2, -0.15) is 0 Å². The summed E-state index contributed by atoms with van der Waals surface area (Å²) in [6, 6.07) is 3.87. The Morgan fingerprint density at radius 1 is 1.33 bits per heavy atom. The third kappa shape index (κ3) is 4.05. The number of rotatable bonds is 4. The number of ether oxygens (including phenoxy) is 3. The van der Waals surface area contributed by atoms with E-state index in [0.717, 1.165) is 37.7 Å². The Morgan fingerprint density at radius 2 is 2.17 bits per heavy atom. The number of nitrogens with zero attached hydrogens (tertiary/aromatic N) is 2. The predicted molar refractivity (Wildman–Crippen MR) is 94.2 cm³/mol. The smallest absolute Gasteiger partial charge is 0.193 e. The minimum absolute atomic E-state index is 0.534. The Bertz CT molecular complexity index is 603. The number of guanidine groups is 1. The van der Waals surface area contributed by atoms with Crippen LogP contribution in [0, 0.1) is 5.92 Å². The molecule has 1 saturated heterocycles. The average molecular weight is 354 g/mol. The minimum Gasteiger partial charge on any atom is -0.486 e. The lowest BCUT2D eigenvalue weighted by atomic mass is 10.1. The van der Waals surface area contributed by atoms with Crippen molar-refractivity contribution in [2.75, 3.05) is 47.1 Å². The summed E-state index contributed by atoms with van der Waals surface area (Å²) in [7, 11) is 3.84. The minimum atomic E-state index is 0.534.